The van der Waals surface area contributed by atoms with Gasteiger partial charge in [0.15, 0.2) is 0 Å². The maximum atomic E-state index is 11.9. The number of carbonyl (C=O) groups excluding carboxylic acids is 1. The minimum absolute atomic E-state index is 0.0448. The molecular weight excluding hydrogens is 319 g/mol. The number of benzene rings is 1. The van der Waals surface area contributed by atoms with Gasteiger partial charge < -0.3 is 10.4 Å². The molecule has 0 aliphatic heterocycles. The van der Waals surface area contributed by atoms with Gasteiger partial charge in [0.1, 0.15) is 6.54 Å². The van der Waals surface area contributed by atoms with E-state index in [4.69, 9.17) is 16.7 Å². The molecule has 1 aromatic carbocycles. The first-order valence-electron chi connectivity index (χ1n) is 5.18. The average molecular weight is 328 g/mol. The summed E-state index contributed by atoms with van der Waals surface area (Å²) in [5.74, 6) is -2.27. The van der Waals surface area contributed by atoms with Crippen LogP contribution in [0.2, 0.25) is 5.02 Å². The molecular formula is C11H9ClF3NO3S. The van der Waals surface area contributed by atoms with Crippen molar-refractivity contribution < 1.29 is 27.9 Å². The average Bonchev–Trinajstić information content (AvgIpc) is 2.34. The lowest BCUT2D eigenvalue weighted by Crippen LogP contribution is -2.34. The van der Waals surface area contributed by atoms with Crippen LogP contribution in [0, 0.1) is 0 Å². The third-order valence-electron chi connectivity index (χ3n) is 2.02. The van der Waals surface area contributed by atoms with Crippen LogP contribution in [0.5, 0.6) is 0 Å². The molecule has 0 aliphatic carbocycles. The maximum absolute atomic E-state index is 11.9. The fourth-order valence-corrected chi connectivity index (χ4v) is 2.12. The monoisotopic (exact) mass is 327 g/mol. The Morgan fingerprint density at radius 2 is 2.00 bits per heavy atom. The van der Waals surface area contributed by atoms with Crippen molar-refractivity contribution in [1.29, 1.82) is 0 Å². The van der Waals surface area contributed by atoms with E-state index in [1.54, 1.807) is 5.32 Å². The first-order valence-corrected chi connectivity index (χ1v) is 6.54. The Labute approximate surface area is 121 Å². The van der Waals surface area contributed by atoms with Crippen molar-refractivity contribution in [3.63, 3.8) is 0 Å². The highest BCUT2D eigenvalue weighted by Gasteiger charge is 2.27. The molecule has 0 bridgehead atoms. The zero-order valence-electron chi connectivity index (χ0n) is 9.83. The molecule has 1 amide bonds. The van der Waals surface area contributed by atoms with Gasteiger partial charge in [0.05, 0.1) is 16.3 Å². The summed E-state index contributed by atoms with van der Waals surface area (Å²) in [6.45, 7) is -1.40. The van der Waals surface area contributed by atoms with Crippen molar-refractivity contribution in [2.45, 2.75) is 11.1 Å². The molecule has 0 radical (unpaired) electrons. The lowest BCUT2D eigenvalue weighted by molar-refractivity contribution is -0.136. The number of hydrogen-bond acceptors (Lipinski definition) is 3. The fraction of sp³-hybridized carbons (Fsp3) is 0.273. The molecule has 9 heteroatoms. The number of carboxylic acid groups (broad SMARTS) is 1. The van der Waals surface area contributed by atoms with E-state index in [-0.39, 0.29) is 16.3 Å². The third kappa shape index (κ3) is 5.70. The van der Waals surface area contributed by atoms with Gasteiger partial charge in [0.25, 0.3) is 0 Å². The van der Waals surface area contributed by atoms with Gasteiger partial charge in [-0.1, -0.05) is 11.6 Å². The number of hydrogen-bond donors (Lipinski definition) is 2. The Morgan fingerprint density at radius 1 is 1.35 bits per heavy atom. The molecule has 1 rings (SSSR count). The topological polar surface area (TPSA) is 66.4 Å². The van der Waals surface area contributed by atoms with Gasteiger partial charge in [-0.3, -0.25) is 4.79 Å². The predicted molar refractivity (Wildman–Crippen MR) is 68.2 cm³/mol. The molecule has 20 heavy (non-hydrogen) atoms. The van der Waals surface area contributed by atoms with E-state index in [1.165, 1.54) is 18.2 Å². The van der Waals surface area contributed by atoms with Crippen molar-refractivity contribution in [2.24, 2.45) is 0 Å². The van der Waals surface area contributed by atoms with E-state index < -0.39 is 24.6 Å². The van der Waals surface area contributed by atoms with Crippen LogP contribution in [0.25, 0.3) is 0 Å². The quantitative estimate of drug-likeness (QED) is 0.816. The second kappa shape index (κ2) is 6.85. The second-order valence-corrected chi connectivity index (χ2v) is 5.08. The van der Waals surface area contributed by atoms with Crippen molar-refractivity contribution in [1.82, 2.24) is 5.32 Å². The maximum Gasteiger partial charge on any atom is 0.405 e. The first kappa shape index (κ1) is 16.6. The Kier molecular flexibility index (Phi) is 5.70. The van der Waals surface area contributed by atoms with Gasteiger partial charge in [-0.15, -0.1) is 11.8 Å². The number of rotatable bonds is 5. The summed E-state index contributed by atoms with van der Waals surface area (Å²) in [7, 11) is 0. The highest BCUT2D eigenvalue weighted by molar-refractivity contribution is 8.00. The lowest BCUT2D eigenvalue weighted by Gasteiger charge is -2.08. The second-order valence-electron chi connectivity index (χ2n) is 3.63. The Bertz CT molecular complexity index is 522. The van der Waals surface area contributed by atoms with Crippen LogP contribution in [-0.2, 0) is 4.79 Å². The van der Waals surface area contributed by atoms with E-state index in [0.717, 1.165) is 11.8 Å². The normalized spacial score (nSPS) is 11.2. The molecule has 2 N–H and O–H groups in total. The van der Waals surface area contributed by atoms with Gasteiger partial charge in [-0.2, -0.15) is 13.2 Å². The number of amides is 1. The van der Waals surface area contributed by atoms with Crippen molar-refractivity contribution in [2.75, 3.05) is 12.3 Å². The van der Waals surface area contributed by atoms with E-state index in [9.17, 15) is 22.8 Å². The van der Waals surface area contributed by atoms with E-state index in [2.05, 4.69) is 0 Å². The van der Waals surface area contributed by atoms with Crippen LogP contribution in [0.15, 0.2) is 23.1 Å². The highest BCUT2D eigenvalue weighted by atomic mass is 35.5. The molecule has 0 aromatic heterocycles. The van der Waals surface area contributed by atoms with Gasteiger partial charge in [-0.05, 0) is 18.2 Å². The van der Waals surface area contributed by atoms with E-state index in [0.29, 0.717) is 4.90 Å². The molecule has 0 unspecified atom stereocenters. The SMILES string of the molecule is O=C(CSc1ccc(Cl)c(C(=O)O)c1)NCC(F)(F)F. The van der Waals surface area contributed by atoms with Crippen LogP contribution in [0.4, 0.5) is 13.2 Å². The summed E-state index contributed by atoms with van der Waals surface area (Å²) in [5, 5.41) is 10.6. The first-order chi connectivity index (χ1) is 9.19. The third-order valence-corrected chi connectivity index (χ3v) is 3.35. The summed E-state index contributed by atoms with van der Waals surface area (Å²) in [6.07, 6.45) is -4.46. The summed E-state index contributed by atoms with van der Waals surface area (Å²) in [4.78, 5) is 22.4. The van der Waals surface area contributed by atoms with Crippen LogP contribution >= 0.6 is 23.4 Å². The van der Waals surface area contributed by atoms with Crippen molar-refractivity contribution in [3.8, 4) is 0 Å². The summed E-state index contributed by atoms with van der Waals surface area (Å²) < 4.78 is 35.6. The number of aromatic carboxylic acids is 1. The van der Waals surface area contributed by atoms with Gasteiger partial charge in [0, 0.05) is 4.90 Å². The minimum Gasteiger partial charge on any atom is -0.478 e. The number of alkyl halides is 3. The van der Waals surface area contributed by atoms with Crippen molar-refractivity contribution in [3.05, 3.63) is 28.8 Å². The smallest absolute Gasteiger partial charge is 0.405 e. The number of carbonyl (C=O) groups is 2. The van der Waals surface area contributed by atoms with Crippen LogP contribution < -0.4 is 5.32 Å². The molecule has 0 atom stereocenters. The molecule has 0 spiro atoms. The minimum atomic E-state index is -4.46. The zero-order chi connectivity index (χ0) is 15.3. The molecule has 0 aliphatic rings. The summed E-state index contributed by atoms with van der Waals surface area (Å²) in [6, 6.07) is 4.09. The molecule has 0 saturated heterocycles. The number of halogens is 4. The zero-order valence-corrected chi connectivity index (χ0v) is 11.4. The summed E-state index contributed by atoms with van der Waals surface area (Å²) in [5.41, 5.74) is -0.132. The molecule has 0 saturated carbocycles. The molecule has 0 fully saturated rings. The predicted octanol–water partition coefficient (Wildman–Crippen LogP) is 2.81. The number of thioether (sulfide) groups is 1. The molecule has 1 aromatic rings. The van der Waals surface area contributed by atoms with Crippen LogP contribution in [0.3, 0.4) is 0 Å². The standard InChI is InChI=1S/C11H9ClF3NO3S/c12-8-2-1-6(3-7(8)10(18)19)20-4-9(17)16-5-11(13,14)15/h1-3H,4-5H2,(H,16,17)(H,18,19). The highest BCUT2D eigenvalue weighted by Crippen LogP contribution is 2.24. The number of nitrogens with one attached hydrogen (secondary N) is 1. The van der Waals surface area contributed by atoms with E-state index >= 15 is 0 Å². The van der Waals surface area contributed by atoms with Crippen LogP contribution in [-0.4, -0.2) is 35.5 Å². The molecule has 110 valence electrons. The van der Waals surface area contributed by atoms with Crippen molar-refractivity contribution >= 4 is 35.2 Å². The van der Waals surface area contributed by atoms with Gasteiger partial charge in [0.2, 0.25) is 5.91 Å². The lowest BCUT2D eigenvalue weighted by atomic mass is 10.2. The molecule has 0 heterocycles. The Morgan fingerprint density at radius 3 is 2.55 bits per heavy atom. The fourth-order valence-electron chi connectivity index (χ4n) is 1.16. The van der Waals surface area contributed by atoms with Gasteiger partial charge in [-0.25, -0.2) is 4.79 Å². The Balaban J connectivity index is 2.56. The Hall–Kier alpha value is -1.41. The molecule has 4 nitrogen and oxygen atoms in total. The summed E-state index contributed by atoms with van der Waals surface area (Å²) >= 11 is 6.58. The number of carboxylic acids is 1. The van der Waals surface area contributed by atoms with E-state index in [1.807, 2.05) is 0 Å². The van der Waals surface area contributed by atoms with Gasteiger partial charge >= 0.3 is 12.1 Å². The van der Waals surface area contributed by atoms with Crippen LogP contribution in [0.1, 0.15) is 10.4 Å². The largest absolute Gasteiger partial charge is 0.478 e.